The van der Waals surface area contributed by atoms with Crippen molar-refractivity contribution in [2.75, 3.05) is 23.3 Å². The van der Waals surface area contributed by atoms with Gasteiger partial charge in [-0.05, 0) is 43.0 Å². The Morgan fingerprint density at radius 3 is 2.80 bits per heavy atom. The summed E-state index contributed by atoms with van der Waals surface area (Å²) in [5, 5.41) is 5.22. The van der Waals surface area contributed by atoms with Crippen LogP contribution in [0, 0.1) is 5.92 Å². The third-order valence-electron chi connectivity index (χ3n) is 5.54. The molecule has 0 radical (unpaired) electrons. The molecule has 8 heteroatoms. The summed E-state index contributed by atoms with van der Waals surface area (Å²) in [7, 11) is 0. The van der Waals surface area contributed by atoms with Gasteiger partial charge >= 0.3 is 0 Å². The summed E-state index contributed by atoms with van der Waals surface area (Å²) in [4.78, 5) is 31.8. The highest BCUT2D eigenvalue weighted by atomic mass is 32.1. The van der Waals surface area contributed by atoms with Crippen molar-refractivity contribution in [1.29, 1.82) is 0 Å². The van der Waals surface area contributed by atoms with Crippen molar-refractivity contribution < 1.29 is 4.79 Å². The Morgan fingerprint density at radius 1 is 1.20 bits per heavy atom. The summed E-state index contributed by atoms with van der Waals surface area (Å²) in [5.41, 5.74) is 2.85. The number of piperidine rings is 1. The first kappa shape index (κ1) is 18.7. The Kier molecular flexibility index (Phi) is 4.92. The van der Waals surface area contributed by atoms with Gasteiger partial charge in [-0.3, -0.25) is 10.1 Å². The largest absolute Gasteiger partial charge is 0.357 e. The molecule has 2 N–H and O–H groups in total. The molecule has 3 aromatic heterocycles. The Bertz CT molecular complexity index is 1160. The summed E-state index contributed by atoms with van der Waals surface area (Å²) >= 11 is 1.38. The second-order valence-electron chi connectivity index (χ2n) is 7.65. The fraction of sp³-hybridized carbons (Fsp3) is 0.273. The van der Waals surface area contributed by atoms with Crippen molar-refractivity contribution in [3.05, 3.63) is 53.7 Å². The standard InChI is InChI=1S/C22H22N6OS/c1-14-7-10-28(11-8-14)18-6-5-15(13-24-18)20-25-17-4-2-3-16(19(17)26-20)21(29)27-22-23-9-12-30-22/h2-6,9,12-14H,7-8,10-11H2,1H3,(H,25,26)(H,23,27,29). The number of carbonyl (C=O) groups excluding carboxylic acids is 1. The molecule has 1 aromatic carbocycles. The molecule has 1 amide bonds. The summed E-state index contributed by atoms with van der Waals surface area (Å²) < 4.78 is 0. The highest BCUT2D eigenvalue weighted by Gasteiger charge is 2.18. The molecule has 1 fully saturated rings. The number of aromatic amines is 1. The molecular formula is C22H22N6OS. The number of nitrogens with one attached hydrogen (secondary N) is 2. The maximum absolute atomic E-state index is 12.7. The van der Waals surface area contributed by atoms with E-state index >= 15 is 0 Å². The van der Waals surface area contributed by atoms with E-state index in [1.54, 1.807) is 12.3 Å². The van der Waals surface area contributed by atoms with Crippen molar-refractivity contribution in [3.8, 4) is 11.4 Å². The van der Waals surface area contributed by atoms with Gasteiger partial charge < -0.3 is 9.88 Å². The molecule has 4 aromatic rings. The van der Waals surface area contributed by atoms with Crippen LogP contribution in [0.2, 0.25) is 0 Å². The number of hydrogen-bond acceptors (Lipinski definition) is 6. The van der Waals surface area contributed by atoms with E-state index in [1.807, 2.05) is 29.8 Å². The molecule has 0 spiro atoms. The Morgan fingerprint density at radius 2 is 2.07 bits per heavy atom. The maximum atomic E-state index is 12.7. The number of para-hydroxylation sites is 1. The van der Waals surface area contributed by atoms with E-state index in [9.17, 15) is 4.79 Å². The molecule has 152 valence electrons. The number of rotatable bonds is 4. The molecule has 0 bridgehead atoms. The van der Waals surface area contributed by atoms with Crippen LogP contribution in [0.3, 0.4) is 0 Å². The Balaban J connectivity index is 1.40. The van der Waals surface area contributed by atoms with Crippen molar-refractivity contribution in [1.82, 2.24) is 19.9 Å². The SMILES string of the molecule is CC1CCN(c2ccc(-c3nc4c(C(=O)Nc5nccs5)cccc4[nH]3)cn2)CC1. The van der Waals surface area contributed by atoms with E-state index in [4.69, 9.17) is 4.98 Å². The number of imidazole rings is 1. The van der Waals surface area contributed by atoms with Gasteiger partial charge in [-0.15, -0.1) is 11.3 Å². The van der Waals surface area contributed by atoms with E-state index in [0.29, 0.717) is 22.0 Å². The molecule has 4 heterocycles. The minimum atomic E-state index is -0.221. The molecule has 0 atom stereocenters. The van der Waals surface area contributed by atoms with E-state index in [-0.39, 0.29) is 5.91 Å². The minimum absolute atomic E-state index is 0.221. The maximum Gasteiger partial charge on any atom is 0.259 e. The van der Waals surface area contributed by atoms with Gasteiger partial charge in [0.1, 0.15) is 17.2 Å². The molecule has 0 unspecified atom stereocenters. The van der Waals surface area contributed by atoms with Gasteiger partial charge in [0.2, 0.25) is 0 Å². The Labute approximate surface area is 178 Å². The fourth-order valence-electron chi connectivity index (χ4n) is 3.75. The van der Waals surface area contributed by atoms with Crippen LogP contribution in [-0.4, -0.2) is 38.9 Å². The van der Waals surface area contributed by atoms with Gasteiger partial charge in [-0.1, -0.05) is 13.0 Å². The zero-order valence-corrected chi connectivity index (χ0v) is 17.4. The first-order valence-electron chi connectivity index (χ1n) is 10.1. The predicted octanol–water partition coefficient (Wildman–Crippen LogP) is 4.57. The number of fused-ring (bicyclic) bond motifs is 1. The highest BCUT2D eigenvalue weighted by Crippen LogP contribution is 2.26. The minimum Gasteiger partial charge on any atom is -0.357 e. The first-order valence-corrected chi connectivity index (χ1v) is 11.0. The zero-order chi connectivity index (χ0) is 20.5. The van der Waals surface area contributed by atoms with Crippen molar-refractivity contribution in [2.45, 2.75) is 19.8 Å². The van der Waals surface area contributed by atoms with Crippen LogP contribution in [-0.2, 0) is 0 Å². The number of pyridine rings is 1. The monoisotopic (exact) mass is 418 g/mol. The lowest BCUT2D eigenvalue weighted by molar-refractivity contribution is 0.102. The number of anilines is 2. The van der Waals surface area contributed by atoms with Gasteiger partial charge in [0.25, 0.3) is 5.91 Å². The number of H-pyrrole nitrogens is 1. The molecule has 5 rings (SSSR count). The Hall–Kier alpha value is -3.26. The molecule has 0 aliphatic carbocycles. The number of benzene rings is 1. The van der Waals surface area contributed by atoms with Crippen LogP contribution in [0.5, 0.6) is 0 Å². The van der Waals surface area contributed by atoms with Crippen LogP contribution in [0.1, 0.15) is 30.1 Å². The number of carbonyl (C=O) groups is 1. The van der Waals surface area contributed by atoms with Crippen LogP contribution in [0.15, 0.2) is 48.1 Å². The number of nitrogens with zero attached hydrogens (tertiary/aromatic N) is 4. The average molecular weight is 419 g/mol. The summed E-state index contributed by atoms with van der Waals surface area (Å²) in [5.74, 6) is 2.27. The molecule has 1 saturated heterocycles. The summed E-state index contributed by atoms with van der Waals surface area (Å²) in [6.45, 7) is 4.41. The third kappa shape index (κ3) is 3.66. The lowest BCUT2D eigenvalue weighted by atomic mass is 9.99. The number of amides is 1. The van der Waals surface area contributed by atoms with Gasteiger partial charge in [0.15, 0.2) is 5.13 Å². The quantitative estimate of drug-likeness (QED) is 0.507. The second kappa shape index (κ2) is 7.87. The lowest BCUT2D eigenvalue weighted by Crippen LogP contribution is -2.33. The van der Waals surface area contributed by atoms with Crippen molar-refractivity contribution in [3.63, 3.8) is 0 Å². The second-order valence-corrected chi connectivity index (χ2v) is 8.55. The van der Waals surface area contributed by atoms with Gasteiger partial charge in [0, 0.05) is 36.4 Å². The average Bonchev–Trinajstić information content (AvgIpc) is 3.44. The smallest absolute Gasteiger partial charge is 0.259 e. The fourth-order valence-corrected chi connectivity index (χ4v) is 4.28. The molecule has 7 nitrogen and oxygen atoms in total. The first-order chi connectivity index (χ1) is 14.7. The van der Waals surface area contributed by atoms with Crippen LogP contribution >= 0.6 is 11.3 Å². The van der Waals surface area contributed by atoms with Crippen molar-refractivity contribution in [2.24, 2.45) is 5.92 Å². The summed E-state index contributed by atoms with van der Waals surface area (Å²) in [6.07, 6.45) is 5.92. The number of aromatic nitrogens is 4. The van der Waals surface area contributed by atoms with E-state index in [0.717, 1.165) is 35.9 Å². The van der Waals surface area contributed by atoms with Gasteiger partial charge in [-0.2, -0.15) is 0 Å². The number of hydrogen-bond donors (Lipinski definition) is 2. The molecule has 1 aliphatic rings. The predicted molar refractivity (Wildman–Crippen MR) is 120 cm³/mol. The summed E-state index contributed by atoms with van der Waals surface area (Å²) in [6, 6.07) is 9.62. The molecule has 0 saturated carbocycles. The molecule has 30 heavy (non-hydrogen) atoms. The van der Waals surface area contributed by atoms with Gasteiger partial charge in [0.05, 0.1) is 11.1 Å². The third-order valence-corrected chi connectivity index (χ3v) is 6.23. The number of thiazole rings is 1. The van der Waals surface area contributed by atoms with Crippen molar-refractivity contribution >= 4 is 39.2 Å². The van der Waals surface area contributed by atoms with Gasteiger partial charge in [-0.25, -0.2) is 15.0 Å². The zero-order valence-electron chi connectivity index (χ0n) is 16.6. The highest BCUT2D eigenvalue weighted by molar-refractivity contribution is 7.13. The molecular weight excluding hydrogens is 396 g/mol. The topological polar surface area (TPSA) is 86.8 Å². The molecule has 1 aliphatic heterocycles. The van der Waals surface area contributed by atoms with E-state index in [2.05, 4.69) is 38.2 Å². The van der Waals surface area contributed by atoms with E-state index < -0.39 is 0 Å². The normalized spacial score (nSPS) is 14.9. The van der Waals surface area contributed by atoms with Crippen LogP contribution in [0.4, 0.5) is 10.9 Å². The van der Waals surface area contributed by atoms with Crippen LogP contribution < -0.4 is 10.2 Å². The van der Waals surface area contributed by atoms with Crippen LogP contribution in [0.25, 0.3) is 22.4 Å². The van der Waals surface area contributed by atoms with E-state index in [1.165, 1.54) is 24.2 Å². The lowest BCUT2D eigenvalue weighted by Gasteiger charge is -2.31.